The van der Waals surface area contributed by atoms with Crippen LogP contribution in [-0.2, 0) is 19.6 Å². The van der Waals surface area contributed by atoms with Crippen LogP contribution in [0.2, 0.25) is 5.02 Å². The van der Waals surface area contributed by atoms with E-state index in [1.165, 1.54) is 9.87 Å². The molecule has 1 aromatic carbocycles. The topological polar surface area (TPSA) is 86.8 Å². The standard InChI is InChI=1S/C24H36ClN3O4S/c1-16(2)21(26-22(29)18-10-13-28(14-18)33(5,31)32)23(30)27-12-11-20(24(3,4)15-27)17-6-8-19(25)9-7-17/h6-9,16,18,20-21H,10-15H2,1-5H3,(H,26,29)/t18-,20-,21-/m1/s1. The van der Waals surface area contributed by atoms with Gasteiger partial charge in [-0.1, -0.05) is 51.4 Å². The molecule has 2 aliphatic rings. The van der Waals surface area contributed by atoms with Gasteiger partial charge >= 0.3 is 0 Å². The third-order valence-electron chi connectivity index (χ3n) is 7.03. The van der Waals surface area contributed by atoms with Gasteiger partial charge < -0.3 is 10.2 Å². The number of nitrogens with one attached hydrogen (secondary N) is 1. The van der Waals surface area contributed by atoms with Gasteiger partial charge in [0.05, 0.1) is 12.2 Å². The summed E-state index contributed by atoms with van der Waals surface area (Å²) >= 11 is 6.05. The number of likely N-dealkylation sites (tertiary alicyclic amines) is 1. The lowest BCUT2D eigenvalue weighted by atomic mass is 9.70. The van der Waals surface area contributed by atoms with E-state index < -0.39 is 22.0 Å². The summed E-state index contributed by atoms with van der Waals surface area (Å²) in [5, 5.41) is 3.65. The Kier molecular flexibility index (Phi) is 7.81. The van der Waals surface area contributed by atoms with E-state index in [1.807, 2.05) is 30.9 Å². The van der Waals surface area contributed by atoms with Crippen LogP contribution in [-0.4, -0.2) is 67.9 Å². The Morgan fingerprint density at radius 1 is 1.12 bits per heavy atom. The third-order valence-corrected chi connectivity index (χ3v) is 8.56. The highest BCUT2D eigenvalue weighted by molar-refractivity contribution is 7.88. The summed E-state index contributed by atoms with van der Waals surface area (Å²) in [5.74, 6) is -0.513. The normalized spacial score (nSPS) is 24.6. The van der Waals surface area contributed by atoms with Crippen molar-refractivity contribution in [2.24, 2.45) is 17.3 Å². The number of halogens is 1. The number of rotatable bonds is 6. The summed E-state index contributed by atoms with van der Waals surface area (Å²) in [4.78, 5) is 28.2. The zero-order valence-electron chi connectivity index (χ0n) is 20.2. The molecule has 2 heterocycles. The molecule has 1 N–H and O–H groups in total. The molecule has 3 atom stereocenters. The van der Waals surface area contributed by atoms with Crippen molar-refractivity contribution >= 4 is 33.4 Å². The number of nitrogens with zero attached hydrogens (tertiary/aromatic N) is 2. The van der Waals surface area contributed by atoms with Crippen molar-refractivity contribution in [3.8, 4) is 0 Å². The lowest BCUT2D eigenvalue weighted by Crippen LogP contribution is -2.56. The van der Waals surface area contributed by atoms with Gasteiger partial charge in [0.15, 0.2) is 0 Å². The minimum atomic E-state index is -3.32. The monoisotopic (exact) mass is 497 g/mol. The van der Waals surface area contributed by atoms with E-state index in [4.69, 9.17) is 11.6 Å². The summed E-state index contributed by atoms with van der Waals surface area (Å²) in [6.45, 7) is 9.92. The molecule has 2 saturated heterocycles. The van der Waals surface area contributed by atoms with Crippen molar-refractivity contribution in [1.29, 1.82) is 0 Å². The molecule has 0 bridgehead atoms. The first-order valence-electron chi connectivity index (χ1n) is 11.6. The molecule has 2 fully saturated rings. The number of hydrogen-bond donors (Lipinski definition) is 1. The SMILES string of the molecule is CC(C)[C@@H](NC(=O)[C@@H]1CCN(S(C)(=O)=O)C1)C(=O)N1CC[C@H](c2ccc(Cl)cc2)C(C)(C)C1. The van der Waals surface area contributed by atoms with E-state index in [9.17, 15) is 18.0 Å². The van der Waals surface area contributed by atoms with Gasteiger partial charge in [-0.2, -0.15) is 0 Å². The first kappa shape index (κ1) is 26.0. The van der Waals surface area contributed by atoms with Crippen molar-refractivity contribution in [3.63, 3.8) is 0 Å². The Bertz CT molecular complexity index is 978. The van der Waals surface area contributed by atoms with Crippen LogP contribution in [0.4, 0.5) is 0 Å². The van der Waals surface area contributed by atoms with Crippen LogP contribution < -0.4 is 5.32 Å². The molecule has 0 spiro atoms. The molecular formula is C24H36ClN3O4S. The van der Waals surface area contributed by atoms with Crippen LogP contribution in [0, 0.1) is 17.3 Å². The zero-order chi connectivity index (χ0) is 24.6. The molecule has 3 rings (SSSR count). The van der Waals surface area contributed by atoms with Gasteiger partial charge in [-0.15, -0.1) is 0 Å². The van der Waals surface area contributed by atoms with Gasteiger partial charge in [0.25, 0.3) is 0 Å². The largest absolute Gasteiger partial charge is 0.344 e. The Labute approximate surface area is 202 Å². The number of hydrogen-bond acceptors (Lipinski definition) is 4. The van der Waals surface area contributed by atoms with Gasteiger partial charge in [0.1, 0.15) is 6.04 Å². The van der Waals surface area contributed by atoms with Crippen LogP contribution >= 0.6 is 11.6 Å². The minimum absolute atomic E-state index is 0.0704. The number of benzene rings is 1. The lowest BCUT2D eigenvalue weighted by molar-refractivity contribution is -0.141. The highest BCUT2D eigenvalue weighted by Crippen LogP contribution is 2.42. The van der Waals surface area contributed by atoms with E-state index in [2.05, 4.69) is 31.3 Å². The second-order valence-electron chi connectivity index (χ2n) is 10.5. The Balaban J connectivity index is 1.66. The van der Waals surface area contributed by atoms with E-state index >= 15 is 0 Å². The summed E-state index contributed by atoms with van der Waals surface area (Å²) in [7, 11) is -3.32. The molecule has 0 saturated carbocycles. The van der Waals surface area contributed by atoms with Crippen LogP contribution in [0.3, 0.4) is 0 Å². The van der Waals surface area contributed by atoms with Crippen molar-refractivity contribution in [2.45, 2.75) is 52.5 Å². The Morgan fingerprint density at radius 3 is 2.27 bits per heavy atom. The molecule has 0 aliphatic carbocycles. The predicted molar refractivity (Wildman–Crippen MR) is 130 cm³/mol. The molecule has 184 valence electrons. The second-order valence-corrected chi connectivity index (χ2v) is 12.9. The van der Waals surface area contributed by atoms with Crippen molar-refractivity contribution < 1.29 is 18.0 Å². The van der Waals surface area contributed by atoms with Crippen LogP contribution in [0.5, 0.6) is 0 Å². The van der Waals surface area contributed by atoms with Crippen molar-refractivity contribution in [2.75, 3.05) is 32.4 Å². The van der Waals surface area contributed by atoms with Crippen LogP contribution in [0.1, 0.15) is 52.0 Å². The molecule has 9 heteroatoms. The van der Waals surface area contributed by atoms with Gasteiger partial charge in [-0.25, -0.2) is 12.7 Å². The number of sulfonamides is 1. The number of piperidine rings is 1. The summed E-state index contributed by atoms with van der Waals surface area (Å²) in [5.41, 5.74) is 1.09. The molecule has 33 heavy (non-hydrogen) atoms. The summed E-state index contributed by atoms with van der Waals surface area (Å²) in [6.07, 6.45) is 2.46. The van der Waals surface area contributed by atoms with E-state index in [0.717, 1.165) is 12.7 Å². The van der Waals surface area contributed by atoms with Gasteiger partial charge in [-0.05, 0) is 47.8 Å². The fraction of sp³-hybridized carbons (Fsp3) is 0.667. The molecule has 0 unspecified atom stereocenters. The minimum Gasteiger partial charge on any atom is -0.344 e. The maximum absolute atomic E-state index is 13.5. The van der Waals surface area contributed by atoms with Crippen molar-refractivity contribution in [3.05, 3.63) is 34.9 Å². The average Bonchev–Trinajstić information content (AvgIpc) is 3.22. The number of carbonyl (C=O) groups excluding carboxylic acids is 2. The van der Waals surface area contributed by atoms with Crippen LogP contribution in [0.25, 0.3) is 0 Å². The fourth-order valence-corrected chi connectivity index (χ4v) is 6.10. The molecular weight excluding hydrogens is 462 g/mol. The number of amides is 2. The van der Waals surface area contributed by atoms with Gasteiger partial charge in [0, 0.05) is 31.2 Å². The quantitative estimate of drug-likeness (QED) is 0.654. The molecule has 0 radical (unpaired) electrons. The lowest BCUT2D eigenvalue weighted by Gasteiger charge is -2.45. The molecule has 2 aliphatic heterocycles. The smallest absolute Gasteiger partial charge is 0.245 e. The maximum atomic E-state index is 13.5. The van der Waals surface area contributed by atoms with Crippen LogP contribution in [0.15, 0.2) is 24.3 Å². The fourth-order valence-electron chi connectivity index (χ4n) is 5.08. The van der Waals surface area contributed by atoms with E-state index in [1.54, 1.807) is 0 Å². The zero-order valence-corrected chi connectivity index (χ0v) is 21.7. The van der Waals surface area contributed by atoms with Crippen molar-refractivity contribution in [1.82, 2.24) is 14.5 Å². The Morgan fingerprint density at radius 2 is 1.76 bits per heavy atom. The first-order valence-corrected chi connectivity index (χ1v) is 13.8. The second kappa shape index (κ2) is 9.92. The molecule has 0 aromatic heterocycles. The first-order chi connectivity index (χ1) is 15.3. The highest BCUT2D eigenvalue weighted by atomic mass is 35.5. The average molecular weight is 498 g/mol. The Hall–Kier alpha value is -1.64. The van der Waals surface area contributed by atoms with E-state index in [0.29, 0.717) is 37.0 Å². The van der Waals surface area contributed by atoms with E-state index in [-0.39, 0.29) is 29.7 Å². The van der Waals surface area contributed by atoms with Gasteiger partial charge in [0.2, 0.25) is 21.8 Å². The maximum Gasteiger partial charge on any atom is 0.245 e. The van der Waals surface area contributed by atoms with Gasteiger partial charge in [-0.3, -0.25) is 9.59 Å². The molecule has 7 nitrogen and oxygen atoms in total. The molecule has 1 aromatic rings. The predicted octanol–water partition coefficient (Wildman–Crippen LogP) is 3.10. The highest BCUT2D eigenvalue weighted by Gasteiger charge is 2.41. The molecule has 2 amide bonds. The number of carbonyl (C=O) groups is 2. The third kappa shape index (κ3) is 6.08. The summed E-state index contributed by atoms with van der Waals surface area (Å²) in [6, 6.07) is 7.30. The summed E-state index contributed by atoms with van der Waals surface area (Å²) < 4.78 is 24.9.